The molecule has 1 heterocycles. The van der Waals surface area contributed by atoms with Crippen molar-refractivity contribution < 1.29 is 8.42 Å². The Bertz CT molecular complexity index is 342. The summed E-state index contributed by atoms with van der Waals surface area (Å²) in [6, 6.07) is 0.686. The Morgan fingerprint density at radius 1 is 1.38 bits per heavy atom. The minimum atomic E-state index is -2.79. The highest BCUT2D eigenvalue weighted by atomic mass is 32.2. The molecule has 2 fully saturated rings. The van der Waals surface area contributed by atoms with Gasteiger partial charge < -0.3 is 5.73 Å². The van der Waals surface area contributed by atoms with E-state index in [1.807, 2.05) is 6.92 Å². The molecule has 0 spiro atoms. The zero-order chi connectivity index (χ0) is 11.8. The standard InChI is InChI=1S/C11H22N2O2S/c1-9-8-16(14,15)6-5-13(9)11-4-2-3-10(11)7-12/h9-11H,2-8,12H2,1H3. The van der Waals surface area contributed by atoms with Gasteiger partial charge >= 0.3 is 0 Å². The van der Waals surface area contributed by atoms with E-state index >= 15 is 0 Å². The lowest BCUT2D eigenvalue weighted by molar-refractivity contribution is 0.129. The smallest absolute Gasteiger partial charge is 0.153 e. The molecule has 0 bridgehead atoms. The third-order valence-electron chi connectivity index (χ3n) is 4.07. The van der Waals surface area contributed by atoms with Gasteiger partial charge in [0.1, 0.15) is 0 Å². The molecule has 1 aliphatic carbocycles. The average Bonchev–Trinajstić information content (AvgIpc) is 2.64. The first-order chi connectivity index (χ1) is 7.53. The highest BCUT2D eigenvalue weighted by molar-refractivity contribution is 7.91. The number of rotatable bonds is 2. The fourth-order valence-electron chi connectivity index (χ4n) is 3.23. The van der Waals surface area contributed by atoms with Crippen LogP contribution in [0.25, 0.3) is 0 Å². The summed E-state index contributed by atoms with van der Waals surface area (Å²) in [6.45, 7) is 3.47. The predicted octanol–water partition coefficient (Wildman–Crippen LogP) is 0.233. The van der Waals surface area contributed by atoms with Crippen LogP contribution in [0.15, 0.2) is 0 Å². The lowest BCUT2D eigenvalue weighted by Crippen LogP contribution is -2.53. The summed E-state index contributed by atoms with van der Waals surface area (Å²) in [6.07, 6.45) is 3.63. The molecule has 0 aromatic rings. The summed E-state index contributed by atoms with van der Waals surface area (Å²) >= 11 is 0. The molecular weight excluding hydrogens is 224 g/mol. The highest BCUT2D eigenvalue weighted by Crippen LogP contribution is 2.31. The molecule has 0 amide bonds. The van der Waals surface area contributed by atoms with E-state index in [2.05, 4.69) is 4.90 Å². The molecule has 2 rings (SSSR count). The largest absolute Gasteiger partial charge is 0.330 e. The van der Waals surface area contributed by atoms with Gasteiger partial charge in [-0.15, -0.1) is 0 Å². The van der Waals surface area contributed by atoms with Gasteiger partial charge in [-0.25, -0.2) is 8.42 Å². The van der Waals surface area contributed by atoms with Crippen LogP contribution in [0.5, 0.6) is 0 Å². The third-order valence-corrected chi connectivity index (χ3v) is 5.86. The zero-order valence-electron chi connectivity index (χ0n) is 9.93. The van der Waals surface area contributed by atoms with Crippen molar-refractivity contribution in [2.24, 2.45) is 11.7 Å². The molecule has 2 N–H and O–H groups in total. The number of hydrogen-bond acceptors (Lipinski definition) is 4. The monoisotopic (exact) mass is 246 g/mol. The van der Waals surface area contributed by atoms with Crippen LogP contribution >= 0.6 is 0 Å². The minimum Gasteiger partial charge on any atom is -0.330 e. The van der Waals surface area contributed by atoms with E-state index in [1.165, 1.54) is 19.3 Å². The van der Waals surface area contributed by atoms with Crippen LogP contribution in [0.4, 0.5) is 0 Å². The van der Waals surface area contributed by atoms with Crippen LogP contribution in [0.1, 0.15) is 26.2 Å². The maximum atomic E-state index is 11.5. The molecule has 16 heavy (non-hydrogen) atoms. The Hall–Kier alpha value is -0.130. The van der Waals surface area contributed by atoms with Gasteiger partial charge in [-0.2, -0.15) is 0 Å². The molecule has 3 atom stereocenters. The Balaban J connectivity index is 2.05. The molecular formula is C11H22N2O2S. The van der Waals surface area contributed by atoms with Gasteiger partial charge in [0.05, 0.1) is 11.5 Å². The summed E-state index contributed by atoms with van der Waals surface area (Å²) in [5.41, 5.74) is 5.78. The first-order valence-corrected chi connectivity index (χ1v) is 8.02. The number of hydrogen-bond donors (Lipinski definition) is 1. The molecule has 1 aliphatic heterocycles. The third kappa shape index (κ3) is 2.41. The van der Waals surface area contributed by atoms with Crippen LogP contribution in [-0.4, -0.2) is 50.0 Å². The fraction of sp³-hybridized carbons (Fsp3) is 1.00. The quantitative estimate of drug-likeness (QED) is 0.758. The zero-order valence-corrected chi connectivity index (χ0v) is 10.7. The SMILES string of the molecule is CC1CS(=O)(=O)CCN1C1CCCC1CN. The maximum Gasteiger partial charge on any atom is 0.153 e. The Morgan fingerprint density at radius 2 is 2.12 bits per heavy atom. The van der Waals surface area contributed by atoms with Crippen molar-refractivity contribution in [1.29, 1.82) is 0 Å². The van der Waals surface area contributed by atoms with E-state index in [0.717, 1.165) is 6.54 Å². The molecule has 4 nitrogen and oxygen atoms in total. The summed E-state index contributed by atoms with van der Waals surface area (Å²) in [5, 5.41) is 0. The van der Waals surface area contributed by atoms with Crippen molar-refractivity contribution in [3.63, 3.8) is 0 Å². The lowest BCUT2D eigenvalue weighted by Gasteiger charge is -2.40. The van der Waals surface area contributed by atoms with E-state index in [9.17, 15) is 8.42 Å². The van der Waals surface area contributed by atoms with Gasteiger partial charge in [-0.1, -0.05) is 6.42 Å². The fourth-order valence-corrected chi connectivity index (χ4v) is 4.82. The Morgan fingerprint density at radius 3 is 2.75 bits per heavy atom. The van der Waals surface area contributed by atoms with E-state index < -0.39 is 9.84 Å². The molecule has 5 heteroatoms. The van der Waals surface area contributed by atoms with E-state index in [-0.39, 0.29) is 6.04 Å². The first-order valence-electron chi connectivity index (χ1n) is 6.20. The summed E-state index contributed by atoms with van der Waals surface area (Å²) in [4.78, 5) is 2.38. The van der Waals surface area contributed by atoms with Crippen molar-refractivity contribution in [3.8, 4) is 0 Å². The van der Waals surface area contributed by atoms with Crippen molar-refractivity contribution in [3.05, 3.63) is 0 Å². The first kappa shape index (κ1) is 12.3. The second-order valence-electron chi connectivity index (χ2n) is 5.20. The van der Waals surface area contributed by atoms with Gasteiger partial charge in [0.2, 0.25) is 0 Å². The molecule has 94 valence electrons. The molecule has 3 unspecified atom stereocenters. The van der Waals surface area contributed by atoms with Crippen LogP contribution in [0, 0.1) is 5.92 Å². The lowest BCUT2D eigenvalue weighted by atomic mass is 10.0. The number of nitrogens with zero attached hydrogens (tertiary/aromatic N) is 1. The summed E-state index contributed by atoms with van der Waals surface area (Å²) < 4.78 is 23.0. The van der Waals surface area contributed by atoms with Crippen LogP contribution in [0.2, 0.25) is 0 Å². The van der Waals surface area contributed by atoms with E-state index in [0.29, 0.717) is 30.0 Å². The van der Waals surface area contributed by atoms with Crippen molar-refractivity contribution in [1.82, 2.24) is 4.90 Å². The highest BCUT2D eigenvalue weighted by Gasteiger charge is 2.37. The molecule has 0 radical (unpaired) electrons. The molecule has 0 aromatic heterocycles. The van der Waals surface area contributed by atoms with Gasteiger partial charge in [-0.05, 0) is 32.2 Å². The van der Waals surface area contributed by atoms with Gasteiger partial charge in [0.25, 0.3) is 0 Å². The maximum absolute atomic E-state index is 11.5. The van der Waals surface area contributed by atoms with Crippen molar-refractivity contribution >= 4 is 9.84 Å². The summed E-state index contributed by atoms with van der Waals surface area (Å²) in [5.74, 6) is 1.22. The van der Waals surface area contributed by atoms with E-state index in [1.54, 1.807) is 0 Å². The van der Waals surface area contributed by atoms with Crippen LogP contribution < -0.4 is 5.73 Å². The topological polar surface area (TPSA) is 63.4 Å². The van der Waals surface area contributed by atoms with Crippen molar-refractivity contribution in [2.45, 2.75) is 38.3 Å². The van der Waals surface area contributed by atoms with Gasteiger partial charge in [-0.3, -0.25) is 4.90 Å². The van der Waals surface area contributed by atoms with E-state index in [4.69, 9.17) is 5.73 Å². The van der Waals surface area contributed by atoms with Crippen molar-refractivity contribution in [2.75, 3.05) is 24.6 Å². The van der Waals surface area contributed by atoms with Gasteiger partial charge in [0, 0.05) is 18.6 Å². The number of sulfone groups is 1. The minimum absolute atomic E-state index is 0.163. The second-order valence-corrected chi connectivity index (χ2v) is 7.42. The van der Waals surface area contributed by atoms with Gasteiger partial charge in [0.15, 0.2) is 9.84 Å². The Labute approximate surface area is 98.1 Å². The Kier molecular flexibility index (Phi) is 3.56. The number of nitrogens with two attached hydrogens (primary N) is 1. The molecule has 1 saturated carbocycles. The molecule has 0 aromatic carbocycles. The molecule has 2 aliphatic rings. The second kappa shape index (κ2) is 4.63. The van der Waals surface area contributed by atoms with Crippen LogP contribution in [0.3, 0.4) is 0 Å². The summed E-state index contributed by atoms with van der Waals surface area (Å²) in [7, 11) is -2.79. The normalized spacial score (nSPS) is 40.0. The predicted molar refractivity (Wildman–Crippen MR) is 65.0 cm³/mol. The van der Waals surface area contributed by atoms with Crippen LogP contribution in [-0.2, 0) is 9.84 Å². The molecule has 1 saturated heterocycles. The average molecular weight is 246 g/mol.